The topological polar surface area (TPSA) is 124 Å². The van der Waals surface area contributed by atoms with Crippen molar-refractivity contribution in [1.82, 2.24) is 24.5 Å². The third kappa shape index (κ3) is 2.62. The third-order valence-corrected chi connectivity index (χ3v) is 8.62. The molecule has 5 heterocycles. The molecular formula is C24H27N7O4. The van der Waals surface area contributed by atoms with Crippen LogP contribution < -0.4 is 21.5 Å². The largest absolute Gasteiger partial charge is 0.376 e. The van der Waals surface area contributed by atoms with Crippen molar-refractivity contribution >= 4 is 28.9 Å². The minimum Gasteiger partial charge on any atom is -0.376 e. The zero-order valence-electron chi connectivity index (χ0n) is 19.7. The Balaban J connectivity index is 1.21. The van der Waals surface area contributed by atoms with E-state index in [1.807, 2.05) is 23.8 Å². The Hall–Kier alpha value is -3.44. The SMILES string of the molecule is CNc1cc(Nc2cccn([C@]34C5OC[C@@H]3[C@H]54)c2=O)nc2c(C(=O)NC3CC[C@]3(C)OC)cnn12. The first-order valence-electron chi connectivity index (χ1n) is 12.0. The number of pyridine rings is 1. The Morgan fingerprint density at radius 3 is 2.89 bits per heavy atom. The van der Waals surface area contributed by atoms with Gasteiger partial charge in [-0.3, -0.25) is 9.59 Å². The molecule has 6 atom stereocenters. The molecule has 3 aromatic rings. The van der Waals surface area contributed by atoms with Crippen molar-refractivity contribution in [3.63, 3.8) is 0 Å². The van der Waals surface area contributed by atoms with Crippen LogP contribution in [0.15, 0.2) is 35.4 Å². The van der Waals surface area contributed by atoms with Crippen LogP contribution in [0.25, 0.3) is 5.65 Å². The van der Waals surface area contributed by atoms with E-state index in [1.54, 1.807) is 30.8 Å². The number of carbonyl (C=O) groups is 1. The molecule has 2 saturated heterocycles. The number of anilines is 3. The lowest BCUT2D eigenvalue weighted by atomic mass is 9.76. The maximum atomic E-state index is 13.3. The van der Waals surface area contributed by atoms with Crippen LogP contribution in [0.5, 0.6) is 0 Å². The summed E-state index contributed by atoms with van der Waals surface area (Å²) in [4.78, 5) is 31.1. The van der Waals surface area contributed by atoms with Gasteiger partial charge in [0.2, 0.25) is 0 Å². The summed E-state index contributed by atoms with van der Waals surface area (Å²) in [5, 5.41) is 13.7. The van der Waals surface area contributed by atoms with Gasteiger partial charge in [-0.25, -0.2) is 4.98 Å². The van der Waals surface area contributed by atoms with Gasteiger partial charge in [0.15, 0.2) is 5.65 Å². The molecule has 2 unspecified atom stereocenters. The summed E-state index contributed by atoms with van der Waals surface area (Å²) in [6.07, 6.45) is 5.28. The van der Waals surface area contributed by atoms with Crippen LogP contribution in [0.3, 0.4) is 0 Å². The molecule has 11 nitrogen and oxygen atoms in total. The number of hydrogen-bond donors (Lipinski definition) is 3. The molecule has 0 aromatic carbocycles. The normalized spacial score (nSPS) is 33.7. The van der Waals surface area contributed by atoms with Crippen LogP contribution in [0.4, 0.5) is 17.3 Å². The first kappa shape index (κ1) is 20.9. The van der Waals surface area contributed by atoms with E-state index in [1.165, 1.54) is 6.20 Å². The van der Waals surface area contributed by atoms with E-state index in [9.17, 15) is 9.59 Å². The van der Waals surface area contributed by atoms with Gasteiger partial charge in [-0.05, 0) is 31.9 Å². The number of nitrogens with zero attached hydrogens (tertiary/aromatic N) is 4. The van der Waals surface area contributed by atoms with E-state index < -0.39 is 0 Å². The van der Waals surface area contributed by atoms with Crippen molar-refractivity contribution in [3.05, 3.63) is 46.5 Å². The van der Waals surface area contributed by atoms with Crippen molar-refractivity contribution in [2.45, 2.75) is 43.1 Å². The van der Waals surface area contributed by atoms with Gasteiger partial charge in [0.25, 0.3) is 11.5 Å². The molecule has 8 rings (SSSR count). The van der Waals surface area contributed by atoms with E-state index in [4.69, 9.17) is 9.47 Å². The van der Waals surface area contributed by atoms with Gasteiger partial charge in [0.05, 0.1) is 36.1 Å². The highest BCUT2D eigenvalue weighted by atomic mass is 16.5. The van der Waals surface area contributed by atoms with Gasteiger partial charge >= 0.3 is 0 Å². The van der Waals surface area contributed by atoms with E-state index >= 15 is 0 Å². The van der Waals surface area contributed by atoms with E-state index in [-0.39, 0.29) is 34.8 Å². The molecule has 2 bridgehead atoms. The number of carbonyl (C=O) groups excluding carboxylic acids is 1. The van der Waals surface area contributed by atoms with Crippen LogP contribution in [0, 0.1) is 11.8 Å². The maximum absolute atomic E-state index is 13.3. The zero-order chi connectivity index (χ0) is 24.1. The van der Waals surface area contributed by atoms with Crippen molar-refractivity contribution in [3.8, 4) is 0 Å². The molecule has 2 aliphatic heterocycles. The molecule has 3 aliphatic carbocycles. The quantitative estimate of drug-likeness (QED) is 0.466. The van der Waals surface area contributed by atoms with Crippen LogP contribution in [0.2, 0.25) is 0 Å². The van der Waals surface area contributed by atoms with Crippen molar-refractivity contribution in [2.24, 2.45) is 11.8 Å². The zero-order valence-corrected chi connectivity index (χ0v) is 19.7. The molecule has 182 valence electrons. The van der Waals surface area contributed by atoms with E-state index in [2.05, 4.69) is 26.0 Å². The number of rotatable bonds is 7. The van der Waals surface area contributed by atoms with Crippen LogP contribution in [-0.2, 0) is 15.0 Å². The van der Waals surface area contributed by atoms with Gasteiger partial charge in [0, 0.05) is 38.3 Å². The van der Waals surface area contributed by atoms with Crippen molar-refractivity contribution < 1.29 is 14.3 Å². The minimum absolute atomic E-state index is 0.0739. The standard InChI is InChI=1S/C24H27N7O4/c1-23(34-3)7-6-15(23)28-21(32)12-10-26-31-17(25-2)9-16(29-20(12)31)27-14-5-4-8-30(22(14)33)24-13-11-35-19(24)18(13)24/h4-5,8-10,13,15,18-19,25H,6-7,11H2,1-3H3,(H,27,29)(H,28,32)/t13-,15?,18-,19?,23+,24-/m1/s1. The number of fused-ring (bicyclic) bond motifs is 2. The highest BCUT2D eigenvalue weighted by Crippen LogP contribution is 2.82. The summed E-state index contributed by atoms with van der Waals surface area (Å²) in [7, 11) is 3.43. The third-order valence-electron chi connectivity index (χ3n) is 8.62. The lowest BCUT2D eigenvalue weighted by Gasteiger charge is -2.45. The van der Waals surface area contributed by atoms with Gasteiger partial charge in [-0.2, -0.15) is 9.61 Å². The van der Waals surface area contributed by atoms with Gasteiger partial charge in [-0.1, -0.05) is 0 Å². The number of aromatic nitrogens is 4. The smallest absolute Gasteiger partial charge is 0.274 e. The van der Waals surface area contributed by atoms with Crippen molar-refractivity contribution in [2.75, 3.05) is 31.4 Å². The summed E-state index contributed by atoms with van der Waals surface area (Å²) in [5.41, 5.74) is 0.559. The molecule has 5 aliphatic rings. The lowest BCUT2D eigenvalue weighted by molar-refractivity contribution is -0.0828. The van der Waals surface area contributed by atoms with Crippen LogP contribution >= 0.6 is 0 Å². The van der Waals surface area contributed by atoms with Crippen LogP contribution in [0.1, 0.15) is 30.1 Å². The molecule has 0 spiro atoms. The van der Waals surface area contributed by atoms with Gasteiger partial charge in [-0.15, -0.1) is 0 Å². The maximum Gasteiger partial charge on any atom is 0.274 e. The second kappa shape index (κ2) is 6.82. The Morgan fingerprint density at radius 1 is 1.37 bits per heavy atom. The summed E-state index contributed by atoms with van der Waals surface area (Å²) < 4.78 is 14.7. The summed E-state index contributed by atoms with van der Waals surface area (Å²) >= 11 is 0. The van der Waals surface area contributed by atoms with E-state index in [0.717, 1.165) is 19.4 Å². The van der Waals surface area contributed by atoms with E-state index in [0.29, 0.717) is 40.4 Å². The Labute approximate surface area is 200 Å². The number of methoxy groups -OCH3 is 1. The second-order valence-electron chi connectivity index (χ2n) is 10.1. The fourth-order valence-corrected chi connectivity index (χ4v) is 6.14. The summed E-state index contributed by atoms with van der Waals surface area (Å²) in [6, 6.07) is 5.30. The molecule has 1 amide bonds. The molecule has 11 heteroatoms. The average molecular weight is 478 g/mol. The molecule has 3 saturated carbocycles. The number of nitrogens with one attached hydrogen (secondary N) is 3. The molecule has 5 fully saturated rings. The predicted molar refractivity (Wildman–Crippen MR) is 127 cm³/mol. The fourth-order valence-electron chi connectivity index (χ4n) is 6.14. The number of ether oxygens (including phenoxy) is 2. The highest BCUT2D eigenvalue weighted by Gasteiger charge is 2.93. The first-order valence-corrected chi connectivity index (χ1v) is 12.0. The Bertz CT molecular complexity index is 1420. The predicted octanol–water partition coefficient (Wildman–Crippen LogP) is 1.33. The van der Waals surface area contributed by atoms with Gasteiger partial charge in [0.1, 0.15) is 22.9 Å². The monoisotopic (exact) mass is 477 g/mol. The average Bonchev–Trinajstić information content (AvgIpc) is 3.37. The van der Waals surface area contributed by atoms with Crippen molar-refractivity contribution in [1.29, 1.82) is 0 Å². The minimum atomic E-state index is -0.367. The molecule has 3 aromatic heterocycles. The van der Waals surface area contributed by atoms with Gasteiger partial charge < -0.3 is 30.0 Å². The first-order chi connectivity index (χ1) is 16.9. The molecule has 35 heavy (non-hydrogen) atoms. The second-order valence-corrected chi connectivity index (χ2v) is 10.1. The summed E-state index contributed by atoms with van der Waals surface area (Å²) in [6.45, 7) is 2.73. The number of hydrogen-bond acceptors (Lipinski definition) is 8. The Morgan fingerprint density at radius 2 is 2.23 bits per heavy atom. The number of amides is 1. The summed E-state index contributed by atoms with van der Waals surface area (Å²) in [5.74, 6) is 1.74. The lowest BCUT2D eigenvalue weighted by Crippen LogP contribution is -2.59. The fraction of sp³-hybridized carbons (Fsp3) is 0.500. The molecule has 3 N–H and O–H groups in total. The molecular weight excluding hydrogens is 450 g/mol. The van der Waals surface area contributed by atoms with Crippen LogP contribution in [-0.4, -0.2) is 63.6 Å². The highest BCUT2D eigenvalue weighted by molar-refractivity contribution is 6.00. The Kier molecular flexibility index (Phi) is 4.07. The molecule has 0 radical (unpaired) electrons.